The Kier molecular flexibility index (Phi) is 3.14. The van der Waals surface area contributed by atoms with Crippen molar-refractivity contribution in [2.45, 2.75) is 18.8 Å². The van der Waals surface area contributed by atoms with Crippen LogP contribution in [0.25, 0.3) is 0 Å². The highest BCUT2D eigenvalue weighted by atomic mass is 32.2. The van der Waals surface area contributed by atoms with Crippen molar-refractivity contribution in [3.8, 4) is 0 Å². The normalized spacial score (nSPS) is 19.0. The van der Waals surface area contributed by atoms with Crippen LogP contribution in [0.2, 0.25) is 0 Å². The van der Waals surface area contributed by atoms with Gasteiger partial charge in [-0.3, -0.25) is 0 Å². The zero-order valence-corrected chi connectivity index (χ0v) is 9.26. The molecule has 2 rings (SSSR count). The van der Waals surface area contributed by atoms with Crippen LogP contribution in [0.5, 0.6) is 0 Å². The molecule has 1 aromatic rings. The molecule has 0 amide bonds. The Morgan fingerprint density at radius 3 is 2.43 bits per heavy atom. The lowest BCUT2D eigenvalue weighted by atomic mass is 9.96. The molecule has 0 aromatic heterocycles. The van der Waals surface area contributed by atoms with Crippen LogP contribution < -0.4 is 0 Å². The molecule has 76 valence electrons. The summed E-state index contributed by atoms with van der Waals surface area (Å²) >= 11 is 2.01. The van der Waals surface area contributed by atoms with Crippen molar-refractivity contribution >= 4 is 11.8 Å². The minimum atomic E-state index is 0.235. The van der Waals surface area contributed by atoms with E-state index >= 15 is 0 Å². The molecule has 1 aliphatic rings. The van der Waals surface area contributed by atoms with Gasteiger partial charge in [0, 0.05) is 29.9 Å². The van der Waals surface area contributed by atoms with Crippen molar-refractivity contribution in [2.75, 3.05) is 18.1 Å². The van der Waals surface area contributed by atoms with Gasteiger partial charge in [-0.1, -0.05) is 31.2 Å². The van der Waals surface area contributed by atoms with Crippen molar-refractivity contribution in [1.29, 1.82) is 0 Å². The van der Waals surface area contributed by atoms with Crippen molar-refractivity contribution in [1.82, 2.24) is 0 Å². The predicted octanol–water partition coefficient (Wildman–Crippen LogP) is 2.61. The second-order valence-electron chi connectivity index (χ2n) is 3.98. The van der Waals surface area contributed by atoms with E-state index in [4.69, 9.17) is 5.11 Å². The minimum Gasteiger partial charge on any atom is -0.396 e. The Morgan fingerprint density at radius 2 is 2.00 bits per heavy atom. The van der Waals surface area contributed by atoms with E-state index in [-0.39, 0.29) is 12.5 Å². The first-order chi connectivity index (χ1) is 6.81. The van der Waals surface area contributed by atoms with Crippen LogP contribution in [-0.4, -0.2) is 23.2 Å². The van der Waals surface area contributed by atoms with Crippen LogP contribution in [0.4, 0.5) is 0 Å². The first-order valence-corrected chi connectivity index (χ1v) is 6.25. The molecule has 0 spiro atoms. The number of aliphatic hydroxyl groups excluding tert-OH is 1. The second-order valence-corrected chi connectivity index (χ2v) is 5.06. The third kappa shape index (κ3) is 1.96. The minimum absolute atomic E-state index is 0.235. The summed E-state index contributed by atoms with van der Waals surface area (Å²) < 4.78 is 0. The molecular formula is C12H16OS. The van der Waals surface area contributed by atoms with Crippen molar-refractivity contribution in [2.24, 2.45) is 0 Å². The number of aliphatic hydroxyl groups is 1. The maximum absolute atomic E-state index is 9.02. The van der Waals surface area contributed by atoms with Gasteiger partial charge in [-0.05, 0) is 11.1 Å². The highest BCUT2D eigenvalue weighted by molar-refractivity contribution is 8.00. The van der Waals surface area contributed by atoms with Gasteiger partial charge in [0.15, 0.2) is 0 Å². The molecule has 0 radical (unpaired) electrons. The number of thioether (sulfide) groups is 1. The molecule has 1 aromatic carbocycles. The van der Waals surface area contributed by atoms with Crippen molar-refractivity contribution in [3.63, 3.8) is 0 Å². The Hall–Kier alpha value is -0.470. The summed E-state index contributed by atoms with van der Waals surface area (Å²) in [7, 11) is 0. The van der Waals surface area contributed by atoms with E-state index in [1.54, 1.807) is 0 Å². The maximum Gasteiger partial charge on any atom is 0.0497 e. The van der Waals surface area contributed by atoms with Crippen LogP contribution in [0, 0.1) is 0 Å². The average Bonchev–Trinajstić information content (AvgIpc) is 2.15. The van der Waals surface area contributed by atoms with Gasteiger partial charge in [0.05, 0.1) is 0 Å². The summed E-state index contributed by atoms with van der Waals surface area (Å²) in [5, 5.41) is 9.02. The van der Waals surface area contributed by atoms with Crippen LogP contribution in [0.15, 0.2) is 24.3 Å². The number of hydrogen-bond donors (Lipinski definition) is 1. The van der Waals surface area contributed by atoms with Gasteiger partial charge < -0.3 is 5.11 Å². The fourth-order valence-corrected chi connectivity index (χ4v) is 2.49. The molecule has 0 saturated carbocycles. The second kappa shape index (κ2) is 4.37. The Morgan fingerprint density at radius 1 is 1.36 bits per heavy atom. The van der Waals surface area contributed by atoms with Gasteiger partial charge in [-0.15, -0.1) is 0 Å². The van der Waals surface area contributed by atoms with Gasteiger partial charge >= 0.3 is 0 Å². The van der Waals surface area contributed by atoms with Crippen LogP contribution >= 0.6 is 11.8 Å². The van der Waals surface area contributed by atoms with Crippen molar-refractivity contribution in [3.05, 3.63) is 35.4 Å². The molecule has 1 saturated heterocycles. The SMILES string of the molecule is CC(CO)c1ccc(C2CSC2)cc1. The monoisotopic (exact) mass is 208 g/mol. The quantitative estimate of drug-likeness (QED) is 0.824. The van der Waals surface area contributed by atoms with E-state index in [2.05, 4.69) is 24.3 Å². The predicted molar refractivity (Wildman–Crippen MR) is 62.0 cm³/mol. The fourth-order valence-electron chi connectivity index (χ4n) is 1.63. The molecule has 0 aliphatic carbocycles. The molecule has 1 unspecified atom stereocenters. The molecule has 14 heavy (non-hydrogen) atoms. The lowest BCUT2D eigenvalue weighted by Gasteiger charge is -2.25. The number of rotatable bonds is 3. The molecule has 1 aliphatic heterocycles. The summed E-state index contributed by atoms with van der Waals surface area (Å²) in [4.78, 5) is 0. The highest BCUT2D eigenvalue weighted by Crippen LogP contribution is 2.34. The molecule has 1 atom stereocenters. The van der Waals surface area contributed by atoms with Gasteiger partial charge in [0.25, 0.3) is 0 Å². The zero-order chi connectivity index (χ0) is 9.97. The van der Waals surface area contributed by atoms with Gasteiger partial charge in [0.2, 0.25) is 0 Å². The maximum atomic E-state index is 9.02. The Labute approximate surface area is 89.5 Å². The van der Waals surface area contributed by atoms with Crippen LogP contribution in [-0.2, 0) is 0 Å². The zero-order valence-electron chi connectivity index (χ0n) is 8.44. The van der Waals surface area contributed by atoms with E-state index in [9.17, 15) is 0 Å². The number of hydrogen-bond acceptors (Lipinski definition) is 2. The summed E-state index contributed by atoms with van der Waals surface area (Å²) in [6, 6.07) is 8.73. The van der Waals surface area contributed by atoms with E-state index in [1.807, 2.05) is 18.7 Å². The molecule has 1 N–H and O–H groups in total. The average molecular weight is 208 g/mol. The largest absolute Gasteiger partial charge is 0.396 e. The van der Waals surface area contributed by atoms with Gasteiger partial charge in [-0.2, -0.15) is 11.8 Å². The smallest absolute Gasteiger partial charge is 0.0497 e. The lowest BCUT2D eigenvalue weighted by Crippen LogP contribution is -2.15. The molecule has 0 bridgehead atoms. The fraction of sp³-hybridized carbons (Fsp3) is 0.500. The van der Waals surface area contributed by atoms with E-state index in [0.29, 0.717) is 0 Å². The van der Waals surface area contributed by atoms with Crippen LogP contribution in [0.3, 0.4) is 0 Å². The summed E-state index contributed by atoms with van der Waals surface area (Å²) in [6.07, 6.45) is 0. The van der Waals surface area contributed by atoms with Crippen molar-refractivity contribution < 1.29 is 5.11 Å². The lowest BCUT2D eigenvalue weighted by molar-refractivity contribution is 0.273. The molecule has 2 heteroatoms. The van der Waals surface area contributed by atoms with E-state index < -0.39 is 0 Å². The standard InChI is InChI=1S/C12H16OS/c1-9(6-13)10-2-4-11(5-3-10)12-7-14-8-12/h2-5,9,12-13H,6-8H2,1H3. The first kappa shape index (κ1) is 10.1. The summed E-state index contributed by atoms with van der Waals surface area (Å²) in [5.41, 5.74) is 2.70. The molecular weight excluding hydrogens is 192 g/mol. The Balaban J connectivity index is 2.09. The van der Waals surface area contributed by atoms with E-state index in [1.165, 1.54) is 22.6 Å². The third-order valence-electron chi connectivity index (χ3n) is 2.89. The highest BCUT2D eigenvalue weighted by Gasteiger charge is 2.19. The Bertz CT molecular complexity index is 266. The van der Waals surface area contributed by atoms with Crippen LogP contribution in [0.1, 0.15) is 29.9 Å². The first-order valence-electron chi connectivity index (χ1n) is 5.09. The topological polar surface area (TPSA) is 20.2 Å². The summed E-state index contributed by atoms with van der Waals surface area (Å²) in [6.45, 7) is 2.28. The van der Waals surface area contributed by atoms with Gasteiger partial charge in [0.1, 0.15) is 0 Å². The van der Waals surface area contributed by atoms with E-state index in [0.717, 1.165) is 5.92 Å². The number of benzene rings is 1. The summed E-state index contributed by atoms with van der Waals surface area (Å²) in [5.74, 6) is 3.59. The molecule has 1 nitrogen and oxygen atoms in total. The third-order valence-corrected chi connectivity index (χ3v) is 4.16. The molecule has 1 fully saturated rings. The van der Waals surface area contributed by atoms with Gasteiger partial charge in [-0.25, -0.2) is 0 Å². The molecule has 1 heterocycles.